The van der Waals surface area contributed by atoms with Gasteiger partial charge in [0.05, 0.1) is 38.2 Å². The predicted molar refractivity (Wildman–Crippen MR) is 127 cm³/mol. The molecule has 2 saturated carbocycles. The highest BCUT2D eigenvalue weighted by molar-refractivity contribution is 5.57. The van der Waals surface area contributed by atoms with Gasteiger partial charge in [-0.15, -0.1) is 0 Å². The first-order valence-electron chi connectivity index (χ1n) is 12.1. The Balaban J connectivity index is 0.000000311. The number of nitrogens with zero attached hydrogens (tertiary/aromatic N) is 1. The Morgan fingerprint density at radius 3 is 1.55 bits per heavy atom. The Hall–Kier alpha value is -0.730. The van der Waals surface area contributed by atoms with E-state index in [2.05, 4.69) is 57.3 Å². The first kappa shape index (κ1) is 28.3. The van der Waals surface area contributed by atoms with Crippen LogP contribution in [0.5, 0.6) is 0 Å². The summed E-state index contributed by atoms with van der Waals surface area (Å²) in [5.41, 5.74) is 0.408. The monoisotopic (exact) mass is 443 g/mol. The van der Waals surface area contributed by atoms with E-state index in [1.165, 1.54) is 19.1 Å². The van der Waals surface area contributed by atoms with Gasteiger partial charge in [-0.2, -0.15) is 0 Å². The van der Waals surface area contributed by atoms with E-state index in [-0.39, 0.29) is 17.7 Å². The molecule has 7 heteroatoms. The number of rotatable bonds is 8. The third kappa shape index (κ3) is 14.9. The van der Waals surface area contributed by atoms with Crippen molar-refractivity contribution in [1.82, 2.24) is 10.6 Å². The van der Waals surface area contributed by atoms with Crippen molar-refractivity contribution in [2.75, 3.05) is 19.8 Å². The van der Waals surface area contributed by atoms with Gasteiger partial charge in [-0.1, -0.05) is 5.16 Å². The summed E-state index contributed by atoms with van der Waals surface area (Å²) in [5.74, 6) is 0. The van der Waals surface area contributed by atoms with E-state index in [0.29, 0.717) is 37.5 Å². The molecule has 0 bridgehead atoms. The van der Waals surface area contributed by atoms with E-state index < -0.39 is 0 Å². The second-order valence-electron chi connectivity index (χ2n) is 11.0. The minimum absolute atomic E-state index is 0.139. The van der Waals surface area contributed by atoms with Gasteiger partial charge in [-0.3, -0.25) is 0 Å². The number of hydrogen-bond donors (Lipinski definition) is 4. The quantitative estimate of drug-likeness (QED) is 0.258. The van der Waals surface area contributed by atoms with Crippen molar-refractivity contribution in [3.8, 4) is 0 Å². The number of oxime groups is 1. The molecule has 0 saturated heterocycles. The maximum Gasteiger partial charge on any atom is 0.0855 e. The van der Waals surface area contributed by atoms with Crippen LogP contribution in [-0.4, -0.2) is 71.7 Å². The lowest BCUT2D eigenvalue weighted by Gasteiger charge is -2.34. The van der Waals surface area contributed by atoms with Crippen molar-refractivity contribution in [2.45, 2.75) is 128 Å². The summed E-state index contributed by atoms with van der Waals surface area (Å²) in [6.07, 6.45) is 11.2. The average molecular weight is 444 g/mol. The Labute approximate surface area is 190 Å². The Morgan fingerprint density at radius 1 is 0.774 bits per heavy atom. The maximum absolute atomic E-state index is 8.66. The van der Waals surface area contributed by atoms with E-state index in [1.54, 1.807) is 0 Å². The van der Waals surface area contributed by atoms with Gasteiger partial charge < -0.3 is 30.4 Å². The van der Waals surface area contributed by atoms with E-state index in [0.717, 1.165) is 38.5 Å². The largest absolute Gasteiger partial charge is 0.411 e. The third-order valence-corrected chi connectivity index (χ3v) is 5.56. The molecule has 0 spiro atoms. The second kappa shape index (κ2) is 14.4. The van der Waals surface area contributed by atoms with Crippen molar-refractivity contribution < 1.29 is 19.8 Å². The molecular formula is C24H49N3O4. The molecule has 31 heavy (non-hydrogen) atoms. The summed E-state index contributed by atoms with van der Waals surface area (Å²) in [6, 6.07) is 1.25. The van der Waals surface area contributed by atoms with Crippen LogP contribution in [0.4, 0.5) is 0 Å². The Morgan fingerprint density at radius 2 is 1.19 bits per heavy atom. The van der Waals surface area contributed by atoms with Crippen LogP contribution in [0.15, 0.2) is 5.16 Å². The van der Waals surface area contributed by atoms with Crippen LogP contribution in [-0.2, 0) is 9.47 Å². The maximum atomic E-state index is 8.66. The molecule has 0 aliphatic heterocycles. The molecule has 0 aromatic heterocycles. The zero-order valence-corrected chi connectivity index (χ0v) is 20.8. The molecule has 184 valence electrons. The van der Waals surface area contributed by atoms with E-state index in [4.69, 9.17) is 19.8 Å². The molecule has 0 atom stereocenters. The lowest BCUT2D eigenvalue weighted by molar-refractivity contribution is 0.00269. The Bertz CT molecular complexity index is 472. The van der Waals surface area contributed by atoms with Crippen LogP contribution in [0.3, 0.4) is 0 Å². The lowest BCUT2D eigenvalue weighted by atomic mass is 9.91. The molecule has 0 heterocycles. The SMILES string of the molecule is CC(C)(C)NC1CCC(OC/C=N/O)CC1.CC(C)(C)NC1CCC(OCCO)CC1. The molecule has 0 amide bonds. The summed E-state index contributed by atoms with van der Waals surface area (Å²) < 4.78 is 11.1. The van der Waals surface area contributed by atoms with Crippen LogP contribution in [0.2, 0.25) is 0 Å². The fourth-order valence-electron chi connectivity index (χ4n) is 4.40. The van der Waals surface area contributed by atoms with E-state index in [1.807, 2.05) is 0 Å². The topological polar surface area (TPSA) is 95.3 Å². The summed E-state index contributed by atoms with van der Waals surface area (Å²) in [6.45, 7) is 14.3. The minimum Gasteiger partial charge on any atom is -0.411 e. The first-order chi connectivity index (χ1) is 14.5. The third-order valence-electron chi connectivity index (χ3n) is 5.56. The summed E-state index contributed by atoms with van der Waals surface area (Å²) >= 11 is 0. The molecule has 2 rings (SSSR count). The van der Waals surface area contributed by atoms with Crippen molar-refractivity contribution in [3.63, 3.8) is 0 Å². The first-order valence-corrected chi connectivity index (χ1v) is 12.1. The van der Waals surface area contributed by atoms with Gasteiger partial charge >= 0.3 is 0 Å². The average Bonchev–Trinajstić information content (AvgIpc) is 2.67. The Kier molecular flexibility index (Phi) is 13.2. The van der Waals surface area contributed by atoms with Crippen LogP contribution in [0, 0.1) is 0 Å². The van der Waals surface area contributed by atoms with Crippen LogP contribution in [0.25, 0.3) is 0 Å². The van der Waals surface area contributed by atoms with Crippen molar-refractivity contribution >= 4 is 6.21 Å². The second-order valence-corrected chi connectivity index (χ2v) is 11.0. The molecule has 0 radical (unpaired) electrons. The predicted octanol–water partition coefficient (Wildman–Crippen LogP) is 3.86. The van der Waals surface area contributed by atoms with E-state index in [9.17, 15) is 0 Å². The molecule has 2 aliphatic rings. The summed E-state index contributed by atoms with van der Waals surface area (Å²) in [5, 5.41) is 27.1. The summed E-state index contributed by atoms with van der Waals surface area (Å²) in [7, 11) is 0. The van der Waals surface area contributed by atoms with Gasteiger partial charge in [0.1, 0.15) is 0 Å². The van der Waals surface area contributed by atoms with Crippen LogP contribution < -0.4 is 10.6 Å². The molecule has 2 fully saturated rings. The zero-order chi connectivity index (χ0) is 23.3. The summed E-state index contributed by atoms with van der Waals surface area (Å²) in [4.78, 5) is 0. The van der Waals surface area contributed by atoms with Crippen molar-refractivity contribution in [1.29, 1.82) is 0 Å². The van der Waals surface area contributed by atoms with Gasteiger partial charge in [-0.25, -0.2) is 0 Å². The van der Waals surface area contributed by atoms with Crippen LogP contribution >= 0.6 is 0 Å². The van der Waals surface area contributed by atoms with Crippen LogP contribution in [0.1, 0.15) is 92.9 Å². The number of hydrogen-bond acceptors (Lipinski definition) is 7. The molecule has 0 aromatic rings. The number of ether oxygens (including phenoxy) is 2. The van der Waals surface area contributed by atoms with Crippen molar-refractivity contribution in [3.05, 3.63) is 0 Å². The fourth-order valence-corrected chi connectivity index (χ4v) is 4.40. The fraction of sp³-hybridized carbons (Fsp3) is 0.958. The van der Waals surface area contributed by atoms with Gasteiger partial charge in [0.15, 0.2) is 0 Å². The molecule has 2 aliphatic carbocycles. The smallest absolute Gasteiger partial charge is 0.0855 e. The highest BCUT2D eigenvalue weighted by Gasteiger charge is 2.25. The molecule has 4 N–H and O–H groups in total. The highest BCUT2D eigenvalue weighted by atomic mass is 16.5. The number of nitrogens with one attached hydrogen (secondary N) is 2. The molecule has 7 nitrogen and oxygen atoms in total. The van der Waals surface area contributed by atoms with Gasteiger partial charge in [0.2, 0.25) is 0 Å². The zero-order valence-electron chi connectivity index (χ0n) is 20.8. The number of aliphatic hydroxyl groups is 1. The lowest BCUT2D eigenvalue weighted by Crippen LogP contribution is -2.46. The van der Waals surface area contributed by atoms with Gasteiger partial charge in [0.25, 0.3) is 0 Å². The molecule has 0 unspecified atom stereocenters. The van der Waals surface area contributed by atoms with Gasteiger partial charge in [0, 0.05) is 23.2 Å². The molecular weight excluding hydrogens is 394 g/mol. The normalized spacial score (nSPS) is 27.7. The van der Waals surface area contributed by atoms with Crippen molar-refractivity contribution in [2.24, 2.45) is 5.16 Å². The standard InChI is InChI=1S/C12H24N2O2.C12H25NO2/c1-12(2,3)14-10-4-6-11(7-5-10)16-9-8-13-15;1-12(2,3)13-10-4-6-11(7-5-10)15-9-8-14/h8,10-11,14-15H,4-7,9H2,1-3H3;10-11,13-14H,4-9H2,1-3H3/b13-8+;. The highest BCUT2D eigenvalue weighted by Crippen LogP contribution is 2.23. The minimum atomic E-state index is 0.139. The van der Waals surface area contributed by atoms with Gasteiger partial charge in [-0.05, 0) is 92.9 Å². The number of aliphatic hydroxyl groups excluding tert-OH is 1. The molecule has 0 aromatic carbocycles. The van der Waals surface area contributed by atoms with E-state index >= 15 is 0 Å².